The standard InChI is InChI=1S/C20H24N2O3S/c1-14(2)12-19(23)21-15-4-6-16(7-5-15)22-20(24)13-26-18-10-8-17(25-3)9-11-18/h4-11,14H,12-13H2,1-3H3,(H,21,23)(H,22,24). The van der Waals surface area contributed by atoms with Crippen molar-refractivity contribution in [3.05, 3.63) is 48.5 Å². The van der Waals surface area contributed by atoms with Crippen molar-refractivity contribution >= 4 is 35.0 Å². The maximum Gasteiger partial charge on any atom is 0.234 e. The Kier molecular flexibility index (Phi) is 7.53. The summed E-state index contributed by atoms with van der Waals surface area (Å²) in [5.41, 5.74) is 1.42. The van der Waals surface area contributed by atoms with Crippen molar-refractivity contribution in [2.75, 3.05) is 23.5 Å². The average Bonchev–Trinajstić information content (AvgIpc) is 2.61. The zero-order valence-corrected chi connectivity index (χ0v) is 16.1. The first kappa shape index (κ1) is 19.8. The number of carbonyl (C=O) groups excluding carboxylic acids is 2. The molecule has 138 valence electrons. The number of hydrogen-bond donors (Lipinski definition) is 2. The summed E-state index contributed by atoms with van der Waals surface area (Å²) in [6.45, 7) is 4.00. The molecule has 0 radical (unpaired) electrons. The van der Waals surface area contributed by atoms with Crippen molar-refractivity contribution in [1.29, 1.82) is 0 Å². The van der Waals surface area contributed by atoms with E-state index in [0.29, 0.717) is 23.8 Å². The Hall–Kier alpha value is -2.47. The summed E-state index contributed by atoms with van der Waals surface area (Å²) in [5, 5.41) is 5.69. The van der Waals surface area contributed by atoms with Crippen molar-refractivity contribution in [2.24, 2.45) is 5.92 Å². The van der Waals surface area contributed by atoms with Gasteiger partial charge in [0.1, 0.15) is 5.75 Å². The lowest BCUT2D eigenvalue weighted by Gasteiger charge is -2.09. The second-order valence-corrected chi connectivity index (χ2v) is 7.28. The van der Waals surface area contributed by atoms with Gasteiger partial charge in [-0.15, -0.1) is 11.8 Å². The van der Waals surface area contributed by atoms with E-state index in [1.165, 1.54) is 11.8 Å². The van der Waals surface area contributed by atoms with Gasteiger partial charge in [0.2, 0.25) is 11.8 Å². The van der Waals surface area contributed by atoms with Crippen LogP contribution in [-0.4, -0.2) is 24.7 Å². The number of ether oxygens (including phenoxy) is 1. The highest BCUT2D eigenvalue weighted by Gasteiger charge is 2.07. The van der Waals surface area contributed by atoms with Gasteiger partial charge >= 0.3 is 0 Å². The molecular weight excluding hydrogens is 348 g/mol. The molecule has 2 aromatic carbocycles. The maximum atomic E-state index is 12.1. The molecule has 26 heavy (non-hydrogen) atoms. The van der Waals surface area contributed by atoms with Gasteiger partial charge in [-0.2, -0.15) is 0 Å². The van der Waals surface area contributed by atoms with E-state index in [1.54, 1.807) is 31.4 Å². The number of methoxy groups -OCH3 is 1. The third-order valence-electron chi connectivity index (χ3n) is 3.48. The molecule has 0 aromatic heterocycles. The monoisotopic (exact) mass is 372 g/mol. The molecule has 2 amide bonds. The normalized spacial score (nSPS) is 10.5. The van der Waals surface area contributed by atoms with Gasteiger partial charge in [-0.1, -0.05) is 13.8 Å². The van der Waals surface area contributed by atoms with Gasteiger partial charge in [0.15, 0.2) is 0 Å². The number of anilines is 2. The Labute approximate surface area is 158 Å². The maximum absolute atomic E-state index is 12.1. The molecule has 0 aliphatic carbocycles. The fourth-order valence-electron chi connectivity index (χ4n) is 2.24. The number of thioether (sulfide) groups is 1. The van der Waals surface area contributed by atoms with Gasteiger partial charge in [-0.05, 0) is 54.4 Å². The molecular formula is C20H24N2O3S. The molecule has 0 fully saturated rings. The third kappa shape index (κ3) is 6.80. The zero-order valence-electron chi connectivity index (χ0n) is 15.2. The molecule has 0 aliphatic heterocycles. The number of carbonyl (C=O) groups is 2. The molecule has 0 saturated heterocycles. The van der Waals surface area contributed by atoms with E-state index in [1.807, 2.05) is 38.1 Å². The van der Waals surface area contributed by atoms with E-state index >= 15 is 0 Å². The van der Waals surface area contributed by atoms with Crippen LogP contribution >= 0.6 is 11.8 Å². The van der Waals surface area contributed by atoms with E-state index in [9.17, 15) is 9.59 Å². The summed E-state index contributed by atoms with van der Waals surface area (Å²) in [6, 6.07) is 14.7. The van der Waals surface area contributed by atoms with Gasteiger partial charge in [-0.25, -0.2) is 0 Å². The van der Waals surface area contributed by atoms with Crippen molar-refractivity contribution in [1.82, 2.24) is 0 Å². The van der Waals surface area contributed by atoms with Crippen LogP contribution in [0.1, 0.15) is 20.3 Å². The van der Waals surface area contributed by atoms with Crippen LogP contribution < -0.4 is 15.4 Å². The lowest BCUT2D eigenvalue weighted by atomic mass is 10.1. The number of amides is 2. The van der Waals surface area contributed by atoms with Crippen LogP contribution in [0, 0.1) is 5.92 Å². The summed E-state index contributed by atoms with van der Waals surface area (Å²) in [6.07, 6.45) is 0.487. The molecule has 0 unspecified atom stereocenters. The second kappa shape index (κ2) is 9.87. The molecule has 0 heterocycles. The number of hydrogen-bond acceptors (Lipinski definition) is 4. The molecule has 0 spiro atoms. The summed E-state index contributed by atoms with van der Waals surface area (Å²) in [4.78, 5) is 24.8. The molecule has 6 heteroatoms. The first-order valence-corrected chi connectivity index (χ1v) is 9.41. The Morgan fingerprint density at radius 1 is 0.923 bits per heavy atom. The van der Waals surface area contributed by atoms with E-state index in [2.05, 4.69) is 10.6 Å². The van der Waals surface area contributed by atoms with Gasteiger partial charge in [0.05, 0.1) is 12.9 Å². The molecule has 2 rings (SSSR count). The van der Waals surface area contributed by atoms with Gasteiger partial charge in [0, 0.05) is 22.7 Å². The predicted octanol–water partition coefficient (Wildman–Crippen LogP) is 4.41. The van der Waals surface area contributed by atoms with E-state index in [0.717, 1.165) is 16.3 Å². The van der Waals surface area contributed by atoms with Crippen LogP contribution in [0.4, 0.5) is 11.4 Å². The van der Waals surface area contributed by atoms with Crippen LogP contribution in [-0.2, 0) is 9.59 Å². The van der Waals surface area contributed by atoms with Crippen molar-refractivity contribution in [3.8, 4) is 5.75 Å². The molecule has 0 saturated carbocycles. The summed E-state index contributed by atoms with van der Waals surface area (Å²) in [5.74, 6) is 1.34. The van der Waals surface area contributed by atoms with Gasteiger partial charge < -0.3 is 15.4 Å². The first-order valence-electron chi connectivity index (χ1n) is 8.43. The van der Waals surface area contributed by atoms with E-state index < -0.39 is 0 Å². The minimum absolute atomic E-state index is 0.00678. The minimum Gasteiger partial charge on any atom is -0.497 e. The topological polar surface area (TPSA) is 67.4 Å². The zero-order chi connectivity index (χ0) is 18.9. The van der Waals surface area contributed by atoms with Crippen molar-refractivity contribution in [2.45, 2.75) is 25.2 Å². The Morgan fingerprint density at radius 2 is 1.46 bits per heavy atom. The van der Waals surface area contributed by atoms with Crippen LogP contribution in [0.2, 0.25) is 0 Å². The van der Waals surface area contributed by atoms with E-state index in [-0.39, 0.29) is 11.8 Å². The third-order valence-corrected chi connectivity index (χ3v) is 4.49. The van der Waals surface area contributed by atoms with E-state index in [4.69, 9.17) is 4.74 Å². The van der Waals surface area contributed by atoms with Crippen molar-refractivity contribution in [3.63, 3.8) is 0 Å². The molecule has 2 N–H and O–H groups in total. The molecule has 0 aliphatic rings. The minimum atomic E-state index is -0.0811. The molecule has 0 atom stereocenters. The highest BCUT2D eigenvalue weighted by molar-refractivity contribution is 8.00. The average molecular weight is 372 g/mol. The summed E-state index contributed by atoms with van der Waals surface area (Å²) >= 11 is 1.46. The Morgan fingerprint density at radius 3 is 1.96 bits per heavy atom. The second-order valence-electron chi connectivity index (χ2n) is 6.24. The Bertz CT molecular complexity index is 728. The van der Waals surface area contributed by atoms with Crippen LogP contribution in [0.3, 0.4) is 0 Å². The highest BCUT2D eigenvalue weighted by atomic mass is 32.2. The van der Waals surface area contributed by atoms with Crippen LogP contribution in [0.25, 0.3) is 0 Å². The summed E-state index contributed by atoms with van der Waals surface area (Å²) in [7, 11) is 1.62. The smallest absolute Gasteiger partial charge is 0.234 e. The highest BCUT2D eigenvalue weighted by Crippen LogP contribution is 2.22. The van der Waals surface area contributed by atoms with Crippen LogP contribution in [0.5, 0.6) is 5.75 Å². The van der Waals surface area contributed by atoms with Crippen LogP contribution in [0.15, 0.2) is 53.4 Å². The predicted molar refractivity (Wildman–Crippen MR) is 107 cm³/mol. The molecule has 5 nitrogen and oxygen atoms in total. The van der Waals surface area contributed by atoms with Crippen molar-refractivity contribution < 1.29 is 14.3 Å². The Balaban J connectivity index is 1.80. The quantitative estimate of drug-likeness (QED) is 0.674. The number of nitrogens with one attached hydrogen (secondary N) is 2. The number of benzene rings is 2. The van der Waals surface area contributed by atoms with Gasteiger partial charge in [-0.3, -0.25) is 9.59 Å². The SMILES string of the molecule is COc1ccc(SCC(=O)Nc2ccc(NC(=O)CC(C)C)cc2)cc1. The summed E-state index contributed by atoms with van der Waals surface area (Å²) < 4.78 is 5.11. The molecule has 2 aromatic rings. The fraction of sp³-hybridized carbons (Fsp3) is 0.300. The largest absolute Gasteiger partial charge is 0.497 e. The fourth-order valence-corrected chi connectivity index (χ4v) is 2.94. The lowest BCUT2D eigenvalue weighted by molar-refractivity contribution is -0.117. The molecule has 0 bridgehead atoms. The first-order chi connectivity index (χ1) is 12.5. The number of rotatable bonds is 8. The lowest BCUT2D eigenvalue weighted by Crippen LogP contribution is -2.15. The van der Waals surface area contributed by atoms with Gasteiger partial charge in [0.25, 0.3) is 0 Å².